The van der Waals surface area contributed by atoms with E-state index in [1.165, 1.54) is 0 Å². The van der Waals surface area contributed by atoms with Gasteiger partial charge in [-0.2, -0.15) is 0 Å². The van der Waals surface area contributed by atoms with Crippen molar-refractivity contribution >= 4 is 22.7 Å². The lowest BCUT2D eigenvalue weighted by Crippen LogP contribution is -2.47. The van der Waals surface area contributed by atoms with Crippen molar-refractivity contribution in [3.05, 3.63) is 35.9 Å². The van der Waals surface area contributed by atoms with Crippen LogP contribution in [0.4, 0.5) is 0 Å². The second kappa shape index (κ2) is 11.8. The van der Waals surface area contributed by atoms with Gasteiger partial charge in [0.05, 0.1) is 0 Å². The van der Waals surface area contributed by atoms with Crippen molar-refractivity contribution in [1.82, 2.24) is 15.5 Å². The summed E-state index contributed by atoms with van der Waals surface area (Å²) in [5, 5.41) is 6.96. The number of aliphatic imine (C=N–C) groups is 1. The third-order valence-corrected chi connectivity index (χ3v) is 6.91. The Hall–Kier alpha value is -1.89. The first kappa shape index (κ1) is 22.4. The molecular formula is C21H34N4O2S. The van der Waals surface area contributed by atoms with E-state index in [0.29, 0.717) is 25.5 Å². The molecule has 0 radical (unpaired) electrons. The minimum Gasteiger partial charge on any atom is -0.356 e. The number of guanidine groups is 1. The molecule has 1 aliphatic carbocycles. The zero-order valence-corrected chi connectivity index (χ0v) is 18.1. The van der Waals surface area contributed by atoms with E-state index in [2.05, 4.69) is 15.6 Å². The highest BCUT2D eigenvalue weighted by atomic mass is 32.2. The number of rotatable bonds is 8. The minimum atomic E-state index is -0.735. The highest BCUT2D eigenvalue weighted by Gasteiger charge is 2.26. The number of hydrogen-bond donors (Lipinski definition) is 2. The van der Waals surface area contributed by atoms with Crippen LogP contribution in [-0.2, 0) is 22.1 Å². The van der Waals surface area contributed by atoms with E-state index in [0.717, 1.165) is 37.0 Å². The van der Waals surface area contributed by atoms with Gasteiger partial charge in [0.15, 0.2) is 5.96 Å². The zero-order valence-electron chi connectivity index (χ0n) is 17.3. The Morgan fingerprint density at radius 1 is 1.29 bits per heavy atom. The molecule has 3 unspecified atom stereocenters. The predicted octanol–water partition coefficient (Wildman–Crippen LogP) is 2.28. The van der Waals surface area contributed by atoms with Crippen LogP contribution in [-0.4, -0.2) is 58.7 Å². The maximum Gasteiger partial charge on any atom is 0.224 e. The van der Waals surface area contributed by atoms with E-state index in [4.69, 9.17) is 0 Å². The first-order valence-corrected chi connectivity index (χ1v) is 11.5. The maximum absolute atomic E-state index is 12.4. The predicted molar refractivity (Wildman–Crippen MR) is 117 cm³/mol. The van der Waals surface area contributed by atoms with Crippen LogP contribution < -0.4 is 10.6 Å². The molecule has 1 aliphatic rings. The summed E-state index contributed by atoms with van der Waals surface area (Å²) >= 11 is 0. The van der Waals surface area contributed by atoms with Crippen molar-refractivity contribution < 1.29 is 9.00 Å². The molecule has 6 nitrogen and oxygen atoms in total. The molecule has 2 rings (SSSR count). The van der Waals surface area contributed by atoms with E-state index >= 15 is 0 Å². The molecule has 1 aromatic rings. The van der Waals surface area contributed by atoms with E-state index in [9.17, 15) is 9.00 Å². The Labute approximate surface area is 171 Å². The van der Waals surface area contributed by atoms with Crippen molar-refractivity contribution in [3.8, 4) is 0 Å². The normalized spacial score (nSPS) is 21.0. The number of amides is 1. The molecule has 0 heterocycles. The van der Waals surface area contributed by atoms with Gasteiger partial charge in [-0.05, 0) is 24.8 Å². The fourth-order valence-electron chi connectivity index (χ4n) is 3.56. The molecule has 1 aromatic carbocycles. The van der Waals surface area contributed by atoms with Crippen molar-refractivity contribution in [2.24, 2.45) is 4.99 Å². The van der Waals surface area contributed by atoms with Crippen molar-refractivity contribution in [2.45, 2.75) is 56.9 Å². The summed E-state index contributed by atoms with van der Waals surface area (Å²) < 4.78 is 12.1. The number of benzene rings is 1. The number of nitrogens with zero attached hydrogens (tertiary/aromatic N) is 2. The molecule has 3 atom stereocenters. The summed E-state index contributed by atoms with van der Waals surface area (Å²) in [5.74, 6) is 1.54. The average Bonchev–Trinajstić information content (AvgIpc) is 2.73. The van der Waals surface area contributed by atoms with E-state index in [1.54, 1.807) is 11.9 Å². The van der Waals surface area contributed by atoms with Gasteiger partial charge in [-0.3, -0.25) is 14.0 Å². The van der Waals surface area contributed by atoms with Crippen LogP contribution in [0.1, 0.15) is 44.6 Å². The summed E-state index contributed by atoms with van der Waals surface area (Å²) in [7, 11) is 2.84. The summed E-state index contributed by atoms with van der Waals surface area (Å²) in [6.45, 7) is 3.14. The molecule has 0 saturated heterocycles. The van der Waals surface area contributed by atoms with Gasteiger partial charge in [0.25, 0.3) is 0 Å². The Kier molecular flexibility index (Phi) is 9.47. The van der Waals surface area contributed by atoms with Crippen LogP contribution in [0.5, 0.6) is 0 Å². The molecule has 0 aromatic heterocycles. The van der Waals surface area contributed by atoms with Crippen LogP contribution >= 0.6 is 0 Å². The Morgan fingerprint density at radius 3 is 2.71 bits per heavy atom. The summed E-state index contributed by atoms with van der Waals surface area (Å²) in [5.41, 5.74) is 1.13. The van der Waals surface area contributed by atoms with Crippen molar-refractivity contribution in [1.29, 1.82) is 0 Å². The van der Waals surface area contributed by atoms with Gasteiger partial charge < -0.3 is 15.5 Å². The third-order valence-electron chi connectivity index (χ3n) is 5.17. The van der Waals surface area contributed by atoms with Gasteiger partial charge in [-0.15, -0.1) is 0 Å². The molecule has 0 aliphatic heterocycles. The fourth-order valence-corrected chi connectivity index (χ4v) is 4.91. The molecule has 1 amide bonds. The van der Waals surface area contributed by atoms with E-state index in [1.807, 2.05) is 44.3 Å². The Morgan fingerprint density at radius 2 is 2.04 bits per heavy atom. The number of carbonyl (C=O) groups excluding carboxylic acids is 1. The molecule has 1 saturated carbocycles. The quantitative estimate of drug-likeness (QED) is 0.513. The highest BCUT2D eigenvalue weighted by Crippen LogP contribution is 2.22. The number of hydrogen-bond acceptors (Lipinski definition) is 3. The third kappa shape index (κ3) is 7.26. The van der Waals surface area contributed by atoms with E-state index in [-0.39, 0.29) is 17.2 Å². The second-order valence-corrected chi connectivity index (χ2v) is 9.29. The van der Waals surface area contributed by atoms with Crippen LogP contribution in [0.25, 0.3) is 0 Å². The van der Waals surface area contributed by atoms with Crippen LogP contribution in [0.15, 0.2) is 35.3 Å². The van der Waals surface area contributed by atoms with Crippen molar-refractivity contribution in [3.63, 3.8) is 0 Å². The van der Waals surface area contributed by atoms with Gasteiger partial charge in [0, 0.05) is 61.4 Å². The lowest BCUT2D eigenvalue weighted by molar-refractivity contribution is -0.130. The highest BCUT2D eigenvalue weighted by molar-refractivity contribution is 7.85. The summed E-state index contributed by atoms with van der Waals surface area (Å²) in [6.07, 6.45) is 4.54. The van der Waals surface area contributed by atoms with Gasteiger partial charge in [-0.1, -0.05) is 43.7 Å². The van der Waals surface area contributed by atoms with E-state index < -0.39 is 10.8 Å². The molecule has 0 spiro atoms. The number of carbonyl (C=O) groups is 1. The number of nitrogens with one attached hydrogen (secondary N) is 2. The monoisotopic (exact) mass is 406 g/mol. The van der Waals surface area contributed by atoms with Gasteiger partial charge in [-0.25, -0.2) is 0 Å². The molecule has 156 valence electrons. The fraction of sp³-hybridized carbons (Fsp3) is 0.619. The smallest absolute Gasteiger partial charge is 0.224 e. The van der Waals surface area contributed by atoms with Gasteiger partial charge >= 0.3 is 0 Å². The molecule has 2 N–H and O–H groups in total. The first-order chi connectivity index (χ1) is 13.5. The average molecular weight is 407 g/mol. The zero-order chi connectivity index (χ0) is 20.4. The Bertz CT molecular complexity index is 666. The van der Waals surface area contributed by atoms with Gasteiger partial charge in [0.2, 0.25) is 5.91 Å². The summed E-state index contributed by atoms with van der Waals surface area (Å²) in [4.78, 5) is 18.4. The van der Waals surface area contributed by atoms with Crippen LogP contribution in [0.3, 0.4) is 0 Å². The minimum absolute atomic E-state index is 0.0999. The molecule has 28 heavy (non-hydrogen) atoms. The SMILES string of the molecule is CCS(=O)C1CCCC(NC(=NC)NCCC(=O)N(C)Cc2ccccc2)C1. The van der Waals surface area contributed by atoms with Crippen molar-refractivity contribution in [2.75, 3.05) is 26.4 Å². The van der Waals surface area contributed by atoms with Crippen LogP contribution in [0.2, 0.25) is 0 Å². The second-order valence-electron chi connectivity index (χ2n) is 7.28. The molecule has 1 fully saturated rings. The maximum atomic E-state index is 12.4. The largest absolute Gasteiger partial charge is 0.356 e. The molecule has 0 bridgehead atoms. The van der Waals surface area contributed by atoms with Crippen LogP contribution in [0, 0.1) is 0 Å². The lowest BCUT2D eigenvalue weighted by Gasteiger charge is -2.30. The Balaban J connectivity index is 1.73. The lowest BCUT2D eigenvalue weighted by atomic mass is 9.95. The molecular weight excluding hydrogens is 372 g/mol. The topological polar surface area (TPSA) is 73.8 Å². The standard InChI is InChI=1S/C21H34N4O2S/c1-4-28(27)19-12-8-11-18(15-19)24-21(22-2)23-14-13-20(26)25(3)16-17-9-6-5-7-10-17/h5-7,9-10,18-19H,4,8,11-16H2,1-3H3,(H2,22,23,24). The molecule has 7 heteroatoms. The summed E-state index contributed by atoms with van der Waals surface area (Å²) in [6, 6.07) is 10.3. The van der Waals surface area contributed by atoms with Gasteiger partial charge in [0.1, 0.15) is 0 Å². The first-order valence-electron chi connectivity index (χ1n) is 10.2.